The first-order chi connectivity index (χ1) is 12.5. The summed E-state index contributed by atoms with van der Waals surface area (Å²) < 4.78 is 6.72. The van der Waals surface area contributed by atoms with Crippen molar-refractivity contribution in [1.82, 2.24) is 19.6 Å². The number of nitrogens with zero attached hydrogens (tertiary/aromatic N) is 3. The smallest absolute Gasteiger partial charge is 0.411 e. The quantitative estimate of drug-likeness (QED) is 0.624. The Morgan fingerprint density at radius 3 is 2.92 bits per heavy atom. The molecule has 3 rings (SSSR count). The fourth-order valence-corrected chi connectivity index (χ4v) is 2.29. The van der Waals surface area contributed by atoms with Crippen molar-refractivity contribution in [3.63, 3.8) is 0 Å². The van der Waals surface area contributed by atoms with E-state index in [1.165, 1.54) is 6.20 Å². The number of carbonyl (C=O) groups excluding carboxylic acids is 1. The van der Waals surface area contributed by atoms with Crippen molar-refractivity contribution < 1.29 is 9.53 Å². The highest BCUT2D eigenvalue weighted by Crippen LogP contribution is 2.16. The predicted octanol–water partition coefficient (Wildman–Crippen LogP) is 2.23. The number of hydrogen-bond acceptors (Lipinski definition) is 6. The van der Waals surface area contributed by atoms with E-state index >= 15 is 0 Å². The lowest BCUT2D eigenvalue weighted by Gasteiger charge is -2.10. The Bertz CT molecular complexity index is 962. The van der Waals surface area contributed by atoms with E-state index in [4.69, 9.17) is 4.74 Å². The van der Waals surface area contributed by atoms with Crippen LogP contribution >= 0.6 is 0 Å². The van der Waals surface area contributed by atoms with Crippen LogP contribution in [-0.4, -0.2) is 32.3 Å². The molecular weight excluding hydrogens is 336 g/mol. The number of benzene rings is 1. The molecule has 0 fully saturated rings. The number of aromatic nitrogens is 4. The minimum Gasteiger partial charge on any atom is -0.449 e. The average molecular weight is 356 g/mol. The fraction of sp³-hybridized carbons (Fsp3) is 0.294. The Morgan fingerprint density at radius 2 is 2.12 bits per heavy atom. The maximum atomic E-state index is 11.7. The van der Waals surface area contributed by atoms with Gasteiger partial charge in [0.15, 0.2) is 5.82 Å². The van der Waals surface area contributed by atoms with E-state index in [-0.39, 0.29) is 17.1 Å². The maximum Gasteiger partial charge on any atom is 0.411 e. The molecule has 3 aromatic rings. The van der Waals surface area contributed by atoms with Crippen LogP contribution in [-0.2, 0) is 11.3 Å². The van der Waals surface area contributed by atoms with Gasteiger partial charge in [0, 0.05) is 23.8 Å². The minimum atomic E-state index is -0.487. The topological polar surface area (TPSA) is 113 Å². The summed E-state index contributed by atoms with van der Waals surface area (Å²) in [5.74, 6) is 0.875. The molecule has 0 saturated heterocycles. The number of ether oxygens (including phenoxy) is 1. The van der Waals surface area contributed by atoms with Crippen molar-refractivity contribution in [2.75, 3.05) is 17.2 Å². The highest BCUT2D eigenvalue weighted by atomic mass is 16.5. The summed E-state index contributed by atoms with van der Waals surface area (Å²) in [7, 11) is 0. The molecule has 2 heterocycles. The van der Waals surface area contributed by atoms with Gasteiger partial charge < -0.3 is 15.0 Å². The lowest BCUT2D eigenvalue weighted by molar-refractivity contribution is 0.147. The van der Waals surface area contributed by atoms with Crippen LogP contribution in [0.15, 0.2) is 41.5 Å². The number of aromatic amines is 1. The van der Waals surface area contributed by atoms with Gasteiger partial charge in [-0.1, -0.05) is 19.9 Å². The molecule has 136 valence electrons. The number of carbonyl (C=O) groups is 1. The standard InChI is InChI=1S/C17H20N6O3/c1-11(2)10-26-17(25)20-13-5-3-4-12(8-13)19-9-14-21-22-15-16(24)18-6-7-23(14)15/h3-8,11,19H,9-10H2,1-2H3,(H,18,24)(H,20,25). The van der Waals surface area contributed by atoms with E-state index in [0.717, 1.165) is 5.69 Å². The van der Waals surface area contributed by atoms with Crippen molar-refractivity contribution in [1.29, 1.82) is 0 Å². The number of nitrogens with one attached hydrogen (secondary N) is 3. The molecule has 2 aromatic heterocycles. The zero-order valence-corrected chi connectivity index (χ0v) is 14.5. The highest BCUT2D eigenvalue weighted by molar-refractivity contribution is 5.85. The van der Waals surface area contributed by atoms with E-state index < -0.39 is 6.09 Å². The molecule has 0 atom stereocenters. The van der Waals surface area contributed by atoms with Crippen molar-refractivity contribution in [2.45, 2.75) is 20.4 Å². The summed E-state index contributed by atoms with van der Waals surface area (Å²) in [5, 5.41) is 13.8. The number of H-pyrrole nitrogens is 1. The number of hydrogen-bond donors (Lipinski definition) is 3. The summed E-state index contributed by atoms with van der Waals surface area (Å²) >= 11 is 0. The van der Waals surface area contributed by atoms with Gasteiger partial charge in [-0.05, 0) is 24.1 Å². The Balaban J connectivity index is 1.64. The van der Waals surface area contributed by atoms with Gasteiger partial charge in [0.05, 0.1) is 13.2 Å². The van der Waals surface area contributed by atoms with Crippen molar-refractivity contribution in [2.24, 2.45) is 5.92 Å². The van der Waals surface area contributed by atoms with Crippen LogP contribution in [0.4, 0.5) is 16.2 Å². The summed E-state index contributed by atoms with van der Waals surface area (Å²) in [4.78, 5) is 26.0. The van der Waals surface area contributed by atoms with Crippen molar-refractivity contribution in [3.05, 3.63) is 52.8 Å². The predicted molar refractivity (Wildman–Crippen MR) is 97.2 cm³/mol. The van der Waals surface area contributed by atoms with Crippen LogP contribution in [0.1, 0.15) is 19.7 Å². The molecule has 0 spiro atoms. The summed E-state index contributed by atoms with van der Waals surface area (Å²) in [6, 6.07) is 7.23. The van der Waals surface area contributed by atoms with Crippen LogP contribution in [0.5, 0.6) is 0 Å². The highest BCUT2D eigenvalue weighted by Gasteiger charge is 2.08. The van der Waals surface area contributed by atoms with Crippen molar-refractivity contribution >= 4 is 23.1 Å². The first-order valence-electron chi connectivity index (χ1n) is 8.22. The lowest BCUT2D eigenvalue weighted by Crippen LogP contribution is -2.16. The number of fused-ring (bicyclic) bond motifs is 1. The molecular formula is C17H20N6O3. The first kappa shape index (κ1) is 17.5. The van der Waals surface area contributed by atoms with Gasteiger partial charge in [0.2, 0.25) is 5.65 Å². The molecule has 9 nitrogen and oxygen atoms in total. The Kier molecular flexibility index (Phi) is 5.16. The molecule has 0 aliphatic carbocycles. The second-order valence-electron chi connectivity index (χ2n) is 6.15. The Hall–Kier alpha value is -3.36. The van der Waals surface area contributed by atoms with Crippen LogP contribution in [0.2, 0.25) is 0 Å². The van der Waals surface area contributed by atoms with Crippen molar-refractivity contribution in [3.8, 4) is 0 Å². The largest absolute Gasteiger partial charge is 0.449 e. The molecule has 1 amide bonds. The van der Waals surface area contributed by atoms with E-state index in [1.54, 1.807) is 22.7 Å². The Morgan fingerprint density at radius 1 is 1.31 bits per heavy atom. The molecule has 26 heavy (non-hydrogen) atoms. The maximum absolute atomic E-state index is 11.7. The molecule has 0 aliphatic heterocycles. The normalized spacial score (nSPS) is 10.9. The lowest BCUT2D eigenvalue weighted by atomic mass is 10.2. The molecule has 3 N–H and O–H groups in total. The van der Waals surface area contributed by atoms with E-state index in [0.29, 0.717) is 24.7 Å². The Labute approximate surface area is 149 Å². The summed E-state index contributed by atoms with van der Waals surface area (Å²) in [5.41, 5.74) is 1.35. The van der Waals surface area contributed by atoms with E-state index in [1.807, 2.05) is 26.0 Å². The van der Waals surface area contributed by atoms with Gasteiger partial charge in [-0.3, -0.25) is 14.5 Å². The van der Waals surface area contributed by atoms with E-state index in [2.05, 4.69) is 25.8 Å². The third kappa shape index (κ3) is 4.18. The SMILES string of the molecule is CC(C)COC(=O)Nc1cccc(NCc2nnc3c(=O)[nH]ccn23)c1. The number of rotatable bonds is 6. The molecule has 9 heteroatoms. The molecule has 0 aliphatic rings. The number of anilines is 2. The zero-order valence-electron chi connectivity index (χ0n) is 14.5. The fourth-order valence-electron chi connectivity index (χ4n) is 2.29. The number of amides is 1. The molecule has 0 saturated carbocycles. The van der Waals surface area contributed by atoms with Gasteiger partial charge in [0.25, 0.3) is 5.56 Å². The van der Waals surface area contributed by atoms with Gasteiger partial charge in [-0.15, -0.1) is 10.2 Å². The molecule has 0 radical (unpaired) electrons. The van der Waals surface area contributed by atoms with Gasteiger partial charge >= 0.3 is 6.09 Å². The second-order valence-corrected chi connectivity index (χ2v) is 6.15. The third-order valence-corrected chi connectivity index (χ3v) is 3.51. The summed E-state index contributed by atoms with van der Waals surface area (Å²) in [6.07, 6.45) is 2.74. The monoisotopic (exact) mass is 356 g/mol. The molecule has 0 bridgehead atoms. The minimum absolute atomic E-state index is 0.243. The zero-order chi connectivity index (χ0) is 18.5. The second kappa shape index (κ2) is 7.68. The van der Waals surface area contributed by atoms with Crippen LogP contribution < -0.4 is 16.2 Å². The van der Waals surface area contributed by atoms with Gasteiger partial charge in [-0.2, -0.15) is 0 Å². The third-order valence-electron chi connectivity index (χ3n) is 3.51. The average Bonchev–Trinajstić information content (AvgIpc) is 3.03. The van der Waals surface area contributed by atoms with Crippen LogP contribution in [0.3, 0.4) is 0 Å². The van der Waals surface area contributed by atoms with E-state index in [9.17, 15) is 9.59 Å². The van der Waals surface area contributed by atoms with Gasteiger partial charge in [0.1, 0.15) is 0 Å². The van der Waals surface area contributed by atoms with Gasteiger partial charge in [-0.25, -0.2) is 4.79 Å². The van der Waals surface area contributed by atoms with Crippen LogP contribution in [0, 0.1) is 5.92 Å². The summed E-state index contributed by atoms with van der Waals surface area (Å²) in [6.45, 7) is 4.68. The first-order valence-corrected chi connectivity index (χ1v) is 8.22. The molecule has 1 aromatic carbocycles. The molecule has 0 unspecified atom stereocenters. The van der Waals surface area contributed by atoms with Crippen LogP contribution in [0.25, 0.3) is 5.65 Å².